The first-order valence-electron chi connectivity index (χ1n) is 6.03. The number of rotatable bonds is 4. The van der Waals surface area contributed by atoms with Crippen LogP contribution in [0.4, 0.5) is 4.39 Å². The normalized spacial score (nSPS) is 11.8. The topological polar surface area (TPSA) is 54.7 Å². The number of H-pyrrole nitrogens is 1. The number of nitrogens with two attached hydrogens (primary N) is 1. The molecule has 2 rings (SSSR count). The zero-order chi connectivity index (χ0) is 13.2. The van der Waals surface area contributed by atoms with Crippen LogP contribution in [-0.2, 0) is 6.42 Å². The summed E-state index contributed by atoms with van der Waals surface area (Å²) in [5, 5.41) is 0. The number of nitrogens with zero attached hydrogens (tertiary/aromatic N) is 1. The zero-order valence-corrected chi connectivity index (χ0v) is 10.7. The maximum atomic E-state index is 13.6. The number of hydrogen-bond donors (Lipinski definition) is 2. The second-order valence-corrected chi connectivity index (χ2v) is 5.21. The molecule has 0 unspecified atom stereocenters. The molecule has 0 fully saturated rings. The van der Waals surface area contributed by atoms with E-state index < -0.39 is 0 Å². The lowest BCUT2D eigenvalue weighted by Gasteiger charge is -2.16. The molecule has 4 heteroatoms. The van der Waals surface area contributed by atoms with Crippen LogP contribution in [0, 0.1) is 5.82 Å². The summed E-state index contributed by atoms with van der Waals surface area (Å²) in [4.78, 5) is 7.40. The Hall–Kier alpha value is -1.68. The first-order chi connectivity index (χ1) is 8.46. The number of nitrogens with one attached hydrogen (secondary N) is 1. The molecule has 0 saturated carbocycles. The average Bonchev–Trinajstić information content (AvgIpc) is 2.75. The standard InChI is InChI=1S/C14H18FN3/c1-14(2,16)8-7-13-17-9-12(18-13)10-5-3-4-6-11(10)15/h3-6,9H,7-8,16H2,1-2H3,(H,17,18). The Kier molecular flexibility index (Phi) is 3.48. The van der Waals surface area contributed by atoms with Crippen molar-refractivity contribution in [2.45, 2.75) is 32.2 Å². The highest BCUT2D eigenvalue weighted by molar-refractivity contribution is 5.59. The monoisotopic (exact) mass is 247 g/mol. The molecule has 0 radical (unpaired) electrons. The fourth-order valence-electron chi connectivity index (χ4n) is 1.75. The van der Waals surface area contributed by atoms with Crippen LogP contribution in [0.3, 0.4) is 0 Å². The summed E-state index contributed by atoms with van der Waals surface area (Å²) in [6.07, 6.45) is 3.26. The van der Waals surface area contributed by atoms with E-state index in [1.54, 1.807) is 18.3 Å². The Morgan fingerprint density at radius 3 is 2.72 bits per heavy atom. The van der Waals surface area contributed by atoms with E-state index in [4.69, 9.17) is 5.73 Å². The van der Waals surface area contributed by atoms with Crippen LogP contribution in [0.25, 0.3) is 11.3 Å². The molecule has 1 heterocycles. The third-order valence-corrected chi connectivity index (χ3v) is 2.80. The van der Waals surface area contributed by atoms with Gasteiger partial charge in [0.1, 0.15) is 11.6 Å². The molecular formula is C14H18FN3. The molecular weight excluding hydrogens is 229 g/mol. The van der Waals surface area contributed by atoms with E-state index in [1.165, 1.54) is 6.07 Å². The summed E-state index contributed by atoms with van der Waals surface area (Å²) in [5.74, 6) is 0.596. The lowest BCUT2D eigenvalue weighted by molar-refractivity contribution is 0.472. The van der Waals surface area contributed by atoms with Crippen molar-refractivity contribution < 1.29 is 4.39 Å². The second-order valence-electron chi connectivity index (χ2n) is 5.21. The molecule has 0 amide bonds. The van der Waals surface area contributed by atoms with Crippen LogP contribution >= 0.6 is 0 Å². The Morgan fingerprint density at radius 2 is 2.06 bits per heavy atom. The molecule has 3 N–H and O–H groups in total. The average molecular weight is 247 g/mol. The fourth-order valence-corrected chi connectivity index (χ4v) is 1.75. The van der Waals surface area contributed by atoms with Gasteiger partial charge in [-0.15, -0.1) is 0 Å². The Morgan fingerprint density at radius 1 is 1.33 bits per heavy atom. The number of imidazole rings is 1. The number of benzene rings is 1. The van der Waals surface area contributed by atoms with E-state index in [0.717, 1.165) is 18.7 Å². The van der Waals surface area contributed by atoms with Gasteiger partial charge in [0.15, 0.2) is 0 Å². The summed E-state index contributed by atoms with van der Waals surface area (Å²) < 4.78 is 13.6. The maximum Gasteiger partial charge on any atom is 0.132 e. The summed E-state index contributed by atoms with van der Waals surface area (Å²) in [5.41, 5.74) is 6.96. The first kappa shape index (κ1) is 12.8. The van der Waals surface area contributed by atoms with Gasteiger partial charge in [-0.3, -0.25) is 0 Å². The minimum atomic E-state index is -0.244. The van der Waals surface area contributed by atoms with Gasteiger partial charge in [-0.1, -0.05) is 12.1 Å². The molecule has 0 aliphatic carbocycles. The van der Waals surface area contributed by atoms with Gasteiger partial charge in [0.25, 0.3) is 0 Å². The van der Waals surface area contributed by atoms with Gasteiger partial charge in [0.2, 0.25) is 0 Å². The molecule has 0 atom stereocenters. The lowest BCUT2D eigenvalue weighted by atomic mass is 10.0. The lowest BCUT2D eigenvalue weighted by Crippen LogP contribution is -2.32. The summed E-state index contributed by atoms with van der Waals surface area (Å²) in [7, 11) is 0. The molecule has 0 spiro atoms. The number of aromatic amines is 1. The van der Waals surface area contributed by atoms with Gasteiger partial charge in [0, 0.05) is 17.5 Å². The van der Waals surface area contributed by atoms with Crippen molar-refractivity contribution in [3.05, 3.63) is 42.1 Å². The summed E-state index contributed by atoms with van der Waals surface area (Å²) in [6, 6.07) is 6.66. The Bertz CT molecular complexity index is 526. The zero-order valence-electron chi connectivity index (χ0n) is 10.7. The van der Waals surface area contributed by atoms with Crippen molar-refractivity contribution in [3.63, 3.8) is 0 Å². The van der Waals surface area contributed by atoms with Gasteiger partial charge in [-0.05, 0) is 32.4 Å². The number of hydrogen-bond acceptors (Lipinski definition) is 2. The van der Waals surface area contributed by atoms with E-state index in [9.17, 15) is 4.39 Å². The largest absolute Gasteiger partial charge is 0.342 e. The van der Waals surface area contributed by atoms with Crippen molar-refractivity contribution in [1.82, 2.24) is 9.97 Å². The highest BCUT2D eigenvalue weighted by atomic mass is 19.1. The third-order valence-electron chi connectivity index (χ3n) is 2.80. The van der Waals surface area contributed by atoms with E-state index in [-0.39, 0.29) is 11.4 Å². The Labute approximate surface area is 106 Å². The van der Waals surface area contributed by atoms with Crippen LogP contribution in [0.5, 0.6) is 0 Å². The maximum absolute atomic E-state index is 13.6. The molecule has 0 bridgehead atoms. The smallest absolute Gasteiger partial charge is 0.132 e. The third kappa shape index (κ3) is 3.17. The molecule has 96 valence electrons. The molecule has 3 nitrogen and oxygen atoms in total. The van der Waals surface area contributed by atoms with E-state index in [0.29, 0.717) is 11.3 Å². The van der Waals surface area contributed by atoms with Crippen molar-refractivity contribution in [2.75, 3.05) is 0 Å². The minimum Gasteiger partial charge on any atom is -0.342 e. The number of aromatic nitrogens is 2. The fraction of sp³-hybridized carbons (Fsp3) is 0.357. The SMILES string of the molecule is CC(C)(N)CCc1ncc(-c2ccccc2F)[nH]1. The van der Waals surface area contributed by atoms with Crippen LogP contribution in [0.2, 0.25) is 0 Å². The number of aryl methyl sites for hydroxylation is 1. The number of halogens is 1. The molecule has 0 saturated heterocycles. The van der Waals surface area contributed by atoms with E-state index >= 15 is 0 Å². The summed E-state index contributed by atoms with van der Waals surface area (Å²) in [6.45, 7) is 3.96. The highest BCUT2D eigenvalue weighted by Crippen LogP contribution is 2.21. The van der Waals surface area contributed by atoms with Crippen LogP contribution < -0.4 is 5.73 Å². The second kappa shape index (κ2) is 4.90. The summed E-state index contributed by atoms with van der Waals surface area (Å²) >= 11 is 0. The molecule has 0 aliphatic rings. The van der Waals surface area contributed by atoms with Gasteiger partial charge >= 0.3 is 0 Å². The minimum absolute atomic E-state index is 0.217. The van der Waals surface area contributed by atoms with E-state index in [2.05, 4.69) is 9.97 Å². The van der Waals surface area contributed by atoms with Gasteiger partial charge in [0.05, 0.1) is 11.9 Å². The van der Waals surface area contributed by atoms with Crippen LogP contribution in [-0.4, -0.2) is 15.5 Å². The van der Waals surface area contributed by atoms with Gasteiger partial charge < -0.3 is 10.7 Å². The van der Waals surface area contributed by atoms with Gasteiger partial charge in [-0.2, -0.15) is 0 Å². The molecule has 2 aromatic rings. The molecule has 0 aliphatic heterocycles. The predicted octanol–water partition coefficient (Wildman–Crippen LogP) is 2.89. The van der Waals surface area contributed by atoms with Crippen molar-refractivity contribution in [3.8, 4) is 11.3 Å². The predicted molar refractivity (Wildman–Crippen MR) is 70.6 cm³/mol. The quantitative estimate of drug-likeness (QED) is 0.872. The van der Waals surface area contributed by atoms with Gasteiger partial charge in [-0.25, -0.2) is 9.37 Å². The molecule has 18 heavy (non-hydrogen) atoms. The van der Waals surface area contributed by atoms with Crippen molar-refractivity contribution in [2.24, 2.45) is 5.73 Å². The van der Waals surface area contributed by atoms with Crippen LogP contribution in [0.1, 0.15) is 26.1 Å². The molecule has 1 aromatic carbocycles. The van der Waals surface area contributed by atoms with Crippen LogP contribution in [0.15, 0.2) is 30.5 Å². The van der Waals surface area contributed by atoms with Crippen molar-refractivity contribution in [1.29, 1.82) is 0 Å². The van der Waals surface area contributed by atoms with Crippen molar-refractivity contribution >= 4 is 0 Å². The highest BCUT2D eigenvalue weighted by Gasteiger charge is 2.13. The van der Waals surface area contributed by atoms with E-state index in [1.807, 2.05) is 19.9 Å². The molecule has 1 aromatic heterocycles. The Balaban J connectivity index is 2.14. The first-order valence-corrected chi connectivity index (χ1v) is 6.03.